The molecule has 1 rings (SSSR count). The Balaban J connectivity index is 2.96. The van der Waals surface area contributed by atoms with Crippen molar-refractivity contribution < 1.29 is 0 Å². The van der Waals surface area contributed by atoms with E-state index in [-0.39, 0.29) is 0 Å². The van der Waals surface area contributed by atoms with Crippen LogP contribution in [0, 0.1) is 0 Å². The van der Waals surface area contributed by atoms with Crippen LogP contribution < -0.4 is 10.2 Å². The predicted molar refractivity (Wildman–Crippen MR) is 83.8 cm³/mol. The molecule has 0 amide bonds. The van der Waals surface area contributed by atoms with Crippen LogP contribution in [-0.4, -0.2) is 25.1 Å². The van der Waals surface area contributed by atoms with Crippen LogP contribution in [0.5, 0.6) is 0 Å². The molecule has 0 spiro atoms. The summed E-state index contributed by atoms with van der Waals surface area (Å²) in [4.78, 5) is 7.11. The van der Waals surface area contributed by atoms with Crippen molar-refractivity contribution in [1.29, 1.82) is 0 Å². The van der Waals surface area contributed by atoms with Crippen molar-refractivity contribution >= 4 is 5.82 Å². The lowest BCUT2D eigenvalue weighted by molar-refractivity contribution is 0.609. The third kappa shape index (κ3) is 4.83. The van der Waals surface area contributed by atoms with E-state index in [1.165, 1.54) is 24.1 Å². The molecule has 0 aliphatic rings. The van der Waals surface area contributed by atoms with Crippen molar-refractivity contribution in [1.82, 2.24) is 10.3 Å². The number of rotatable bonds is 8. The topological polar surface area (TPSA) is 28.2 Å². The van der Waals surface area contributed by atoms with Gasteiger partial charge in [-0.05, 0) is 44.5 Å². The largest absolute Gasteiger partial charge is 0.357 e. The molecule has 3 heteroatoms. The molecule has 0 bridgehead atoms. The van der Waals surface area contributed by atoms with E-state index in [9.17, 15) is 0 Å². The van der Waals surface area contributed by atoms with Crippen molar-refractivity contribution in [2.24, 2.45) is 0 Å². The summed E-state index contributed by atoms with van der Waals surface area (Å²) in [6.07, 6.45) is 4.62. The highest BCUT2D eigenvalue weighted by Gasteiger charge is 2.12. The zero-order chi connectivity index (χ0) is 14.3. The second-order valence-corrected chi connectivity index (χ2v) is 5.35. The lowest BCUT2D eigenvalue weighted by Gasteiger charge is -2.26. The Hall–Kier alpha value is -1.09. The number of anilines is 1. The molecule has 19 heavy (non-hydrogen) atoms. The Morgan fingerprint density at radius 2 is 2.00 bits per heavy atom. The first kappa shape index (κ1) is 16.0. The van der Waals surface area contributed by atoms with Gasteiger partial charge < -0.3 is 10.2 Å². The number of aromatic nitrogens is 1. The maximum Gasteiger partial charge on any atom is 0.129 e. The maximum absolute atomic E-state index is 4.81. The molecule has 1 heterocycles. The average Bonchev–Trinajstić information content (AvgIpc) is 2.38. The highest BCUT2D eigenvalue weighted by molar-refractivity contribution is 5.43. The van der Waals surface area contributed by atoms with E-state index >= 15 is 0 Å². The fraction of sp³-hybridized carbons (Fsp3) is 0.688. The summed E-state index contributed by atoms with van der Waals surface area (Å²) in [5.74, 6) is 1.11. The molecule has 1 aromatic heterocycles. The van der Waals surface area contributed by atoms with Crippen LogP contribution in [0.25, 0.3) is 0 Å². The zero-order valence-electron chi connectivity index (χ0n) is 13.2. The first-order valence-corrected chi connectivity index (χ1v) is 7.49. The van der Waals surface area contributed by atoms with E-state index in [1.807, 2.05) is 7.05 Å². The van der Waals surface area contributed by atoms with E-state index in [0.717, 1.165) is 25.2 Å². The van der Waals surface area contributed by atoms with E-state index in [2.05, 4.69) is 50.2 Å². The smallest absolute Gasteiger partial charge is 0.129 e. The van der Waals surface area contributed by atoms with Crippen LogP contribution in [0.2, 0.25) is 0 Å². The normalized spacial score (nSPS) is 12.5. The van der Waals surface area contributed by atoms with Crippen LogP contribution in [0.4, 0.5) is 5.82 Å². The second kappa shape index (κ2) is 8.16. The Morgan fingerprint density at radius 1 is 1.26 bits per heavy atom. The molecule has 1 atom stereocenters. The summed E-state index contributed by atoms with van der Waals surface area (Å²) in [6, 6.07) is 4.97. The molecule has 0 fully saturated rings. The first-order chi connectivity index (χ1) is 9.12. The van der Waals surface area contributed by atoms with E-state index in [0.29, 0.717) is 6.04 Å². The Kier molecular flexibility index (Phi) is 6.85. The van der Waals surface area contributed by atoms with Crippen molar-refractivity contribution in [3.8, 4) is 0 Å². The van der Waals surface area contributed by atoms with Gasteiger partial charge in [-0.1, -0.05) is 26.7 Å². The van der Waals surface area contributed by atoms with E-state index in [4.69, 9.17) is 4.98 Å². The summed E-state index contributed by atoms with van der Waals surface area (Å²) < 4.78 is 0. The number of pyridine rings is 1. The SMILES string of the molecule is CCCc1cc(CNC)cc(N(C)C(C)CCC)n1. The van der Waals surface area contributed by atoms with Gasteiger partial charge in [0.05, 0.1) is 0 Å². The van der Waals surface area contributed by atoms with E-state index in [1.54, 1.807) is 0 Å². The Bertz CT molecular complexity index is 352. The van der Waals surface area contributed by atoms with Crippen LogP contribution in [-0.2, 0) is 13.0 Å². The van der Waals surface area contributed by atoms with Gasteiger partial charge in [-0.2, -0.15) is 0 Å². The standard InChI is InChI=1S/C16H29N3/c1-6-8-13(3)19(5)16-11-14(12-17-4)10-15(18-16)9-7-2/h10-11,13,17H,6-9,12H2,1-5H3. The predicted octanol–water partition coefficient (Wildman–Crippen LogP) is 3.38. The van der Waals surface area contributed by atoms with Crippen molar-refractivity contribution in [2.45, 2.75) is 59.0 Å². The monoisotopic (exact) mass is 263 g/mol. The minimum Gasteiger partial charge on any atom is -0.357 e. The molecule has 0 radical (unpaired) electrons. The van der Waals surface area contributed by atoms with Crippen LogP contribution >= 0.6 is 0 Å². The molecular formula is C16H29N3. The van der Waals surface area contributed by atoms with Gasteiger partial charge in [0.25, 0.3) is 0 Å². The summed E-state index contributed by atoms with van der Waals surface area (Å²) in [6.45, 7) is 7.62. The van der Waals surface area contributed by atoms with Gasteiger partial charge >= 0.3 is 0 Å². The van der Waals surface area contributed by atoms with Gasteiger partial charge in [-0.25, -0.2) is 4.98 Å². The van der Waals surface area contributed by atoms with Gasteiger partial charge in [0.1, 0.15) is 5.82 Å². The van der Waals surface area contributed by atoms with Crippen molar-refractivity contribution in [3.63, 3.8) is 0 Å². The third-order valence-corrected chi connectivity index (χ3v) is 3.54. The molecule has 0 saturated heterocycles. The fourth-order valence-corrected chi connectivity index (χ4v) is 2.34. The summed E-state index contributed by atoms with van der Waals surface area (Å²) >= 11 is 0. The van der Waals surface area contributed by atoms with Gasteiger partial charge in [0.2, 0.25) is 0 Å². The molecule has 0 aliphatic carbocycles. The number of hydrogen-bond donors (Lipinski definition) is 1. The van der Waals surface area contributed by atoms with Crippen molar-refractivity contribution in [3.05, 3.63) is 23.4 Å². The molecule has 1 aromatic rings. The molecule has 0 saturated carbocycles. The van der Waals surface area contributed by atoms with Gasteiger partial charge in [-0.3, -0.25) is 0 Å². The number of nitrogens with one attached hydrogen (secondary N) is 1. The number of hydrogen-bond acceptors (Lipinski definition) is 3. The van der Waals surface area contributed by atoms with E-state index < -0.39 is 0 Å². The van der Waals surface area contributed by atoms with Gasteiger partial charge in [0.15, 0.2) is 0 Å². The molecule has 0 aliphatic heterocycles. The summed E-state index contributed by atoms with van der Waals surface area (Å²) in [7, 11) is 4.14. The Morgan fingerprint density at radius 3 is 2.58 bits per heavy atom. The molecule has 0 aromatic carbocycles. The molecular weight excluding hydrogens is 234 g/mol. The number of aryl methyl sites for hydroxylation is 1. The first-order valence-electron chi connectivity index (χ1n) is 7.49. The highest BCUT2D eigenvalue weighted by atomic mass is 15.2. The third-order valence-electron chi connectivity index (χ3n) is 3.54. The maximum atomic E-state index is 4.81. The minimum absolute atomic E-state index is 0.539. The molecule has 108 valence electrons. The lowest BCUT2D eigenvalue weighted by atomic mass is 10.1. The van der Waals surface area contributed by atoms with Crippen LogP contribution in [0.15, 0.2) is 12.1 Å². The molecule has 3 nitrogen and oxygen atoms in total. The highest BCUT2D eigenvalue weighted by Crippen LogP contribution is 2.19. The average molecular weight is 263 g/mol. The van der Waals surface area contributed by atoms with Crippen LogP contribution in [0.3, 0.4) is 0 Å². The molecule has 1 unspecified atom stereocenters. The Labute approximate surface area is 118 Å². The van der Waals surface area contributed by atoms with Crippen molar-refractivity contribution in [2.75, 3.05) is 19.0 Å². The molecule has 1 N–H and O–H groups in total. The minimum atomic E-state index is 0.539. The second-order valence-electron chi connectivity index (χ2n) is 5.35. The van der Waals surface area contributed by atoms with Gasteiger partial charge in [0, 0.05) is 25.3 Å². The zero-order valence-corrected chi connectivity index (χ0v) is 13.2. The fourth-order valence-electron chi connectivity index (χ4n) is 2.34. The van der Waals surface area contributed by atoms with Gasteiger partial charge in [-0.15, -0.1) is 0 Å². The summed E-state index contributed by atoms with van der Waals surface area (Å²) in [5.41, 5.74) is 2.53. The summed E-state index contributed by atoms with van der Waals surface area (Å²) in [5, 5.41) is 3.23. The number of nitrogens with zero attached hydrogens (tertiary/aromatic N) is 2. The lowest BCUT2D eigenvalue weighted by Crippen LogP contribution is -2.29. The van der Waals surface area contributed by atoms with Crippen LogP contribution in [0.1, 0.15) is 51.3 Å². The quantitative estimate of drug-likeness (QED) is 0.779.